The largest absolute Gasteiger partial charge is 2.00 e. The number of carbonyl (C=O) groups is 2. The average molecular weight is 395 g/mol. The van der Waals surface area contributed by atoms with Crippen molar-refractivity contribution in [2.75, 3.05) is 5.75 Å². The molecule has 0 aliphatic carbocycles. The number of rotatable bonds is 5. The molecular formula is C10H16MnN2O7S2. The summed E-state index contributed by atoms with van der Waals surface area (Å²) in [5.74, 6) is 0.236. The Labute approximate surface area is 143 Å². The maximum Gasteiger partial charge on any atom is 2.00 e. The van der Waals surface area contributed by atoms with E-state index in [4.69, 9.17) is 22.6 Å². The van der Waals surface area contributed by atoms with Gasteiger partial charge in [0, 0.05) is 27.8 Å². The van der Waals surface area contributed by atoms with E-state index in [0.717, 1.165) is 25.0 Å². The molecule has 0 aromatic carbocycles. The number of hydrogen-bond acceptors (Lipinski definition) is 7. The fourth-order valence-corrected chi connectivity index (χ4v) is 3.81. The summed E-state index contributed by atoms with van der Waals surface area (Å²) in [5.41, 5.74) is 0. The van der Waals surface area contributed by atoms with Crippen molar-refractivity contribution in [2.45, 2.75) is 43.0 Å². The van der Waals surface area contributed by atoms with Crippen molar-refractivity contribution in [3.63, 3.8) is 0 Å². The second kappa shape index (κ2) is 9.58. The molecule has 2 aliphatic rings. The van der Waals surface area contributed by atoms with E-state index in [0.29, 0.717) is 5.25 Å². The predicted molar refractivity (Wildman–Crippen MR) is 72.1 cm³/mol. The van der Waals surface area contributed by atoms with Gasteiger partial charge in [0.25, 0.3) is 0 Å². The van der Waals surface area contributed by atoms with Crippen LogP contribution in [0.1, 0.15) is 25.7 Å². The number of thioether (sulfide) groups is 1. The van der Waals surface area contributed by atoms with Crippen LogP contribution in [0, 0.1) is 0 Å². The van der Waals surface area contributed by atoms with Crippen molar-refractivity contribution >= 4 is 34.2 Å². The molecule has 3 atom stereocenters. The molecule has 0 aromatic rings. The molecule has 2 amide bonds. The van der Waals surface area contributed by atoms with Gasteiger partial charge in [-0.25, -0.2) is 4.79 Å². The van der Waals surface area contributed by atoms with Crippen LogP contribution in [0.15, 0.2) is 0 Å². The Kier molecular flexibility index (Phi) is 9.35. The van der Waals surface area contributed by atoms with E-state index in [9.17, 15) is 9.59 Å². The first kappa shape index (κ1) is 21.5. The molecule has 2 aliphatic heterocycles. The number of amides is 2. The van der Waals surface area contributed by atoms with Gasteiger partial charge < -0.3 is 24.8 Å². The van der Waals surface area contributed by atoms with E-state index in [-0.39, 0.29) is 41.6 Å². The zero-order valence-corrected chi connectivity index (χ0v) is 14.2. The Morgan fingerprint density at radius 1 is 1.32 bits per heavy atom. The van der Waals surface area contributed by atoms with Crippen LogP contribution in [0.5, 0.6) is 0 Å². The zero-order chi connectivity index (χ0) is 16.0. The van der Waals surface area contributed by atoms with E-state index in [1.807, 2.05) is 11.8 Å². The number of hydrogen-bond donors (Lipinski definition) is 3. The molecule has 2 rings (SSSR count). The number of aliphatic carboxylic acids is 1. The molecule has 12 heteroatoms. The Morgan fingerprint density at radius 2 is 1.91 bits per heavy atom. The first-order chi connectivity index (χ1) is 9.66. The summed E-state index contributed by atoms with van der Waals surface area (Å²) in [6.07, 6.45) is 2.88. The maximum absolute atomic E-state index is 11.1. The second-order valence-electron chi connectivity index (χ2n) is 4.67. The van der Waals surface area contributed by atoms with Crippen molar-refractivity contribution in [2.24, 2.45) is 0 Å². The van der Waals surface area contributed by atoms with Gasteiger partial charge in [-0.1, -0.05) is 6.42 Å². The second-order valence-corrected chi connectivity index (χ2v) is 6.76. The summed E-state index contributed by atoms with van der Waals surface area (Å²) < 4.78 is 34.1. The van der Waals surface area contributed by atoms with Crippen molar-refractivity contribution in [1.29, 1.82) is 0 Å². The van der Waals surface area contributed by atoms with Gasteiger partial charge in [0.15, 0.2) is 0 Å². The van der Waals surface area contributed by atoms with Gasteiger partial charge in [0.1, 0.15) is 0 Å². The van der Waals surface area contributed by atoms with Crippen LogP contribution < -0.4 is 10.6 Å². The van der Waals surface area contributed by atoms with E-state index in [2.05, 4.69) is 10.6 Å². The van der Waals surface area contributed by atoms with Crippen LogP contribution >= 0.6 is 11.8 Å². The fraction of sp³-hybridized carbons (Fsp3) is 0.800. The van der Waals surface area contributed by atoms with Gasteiger partial charge in [0.2, 0.25) is 0 Å². The van der Waals surface area contributed by atoms with Gasteiger partial charge in [-0.3, -0.25) is 13.2 Å². The van der Waals surface area contributed by atoms with Crippen LogP contribution in [0.4, 0.5) is 4.79 Å². The Hall–Kier alpha value is -0.521. The van der Waals surface area contributed by atoms with E-state index < -0.39 is 16.4 Å². The van der Waals surface area contributed by atoms with Crippen LogP contribution in [0.3, 0.4) is 0 Å². The normalized spacial score (nSPS) is 25.9. The van der Waals surface area contributed by atoms with Crippen LogP contribution in [-0.4, -0.2) is 57.7 Å². The van der Waals surface area contributed by atoms with Crippen LogP contribution in [-0.2, 0) is 32.3 Å². The summed E-state index contributed by atoms with van der Waals surface area (Å²) in [6, 6.07) is 0.440. The number of urea groups is 1. The minimum Gasteiger partial charge on any atom is -0.759 e. The molecule has 0 saturated carbocycles. The Morgan fingerprint density at radius 3 is 2.45 bits per heavy atom. The number of fused-ring (bicyclic) bond motifs is 1. The van der Waals surface area contributed by atoms with Crippen molar-refractivity contribution in [3.8, 4) is 0 Å². The zero-order valence-electron chi connectivity index (χ0n) is 11.4. The molecule has 9 nitrogen and oxygen atoms in total. The monoisotopic (exact) mass is 395 g/mol. The number of unbranched alkanes of at least 4 members (excludes halogenated alkanes) is 1. The third-order valence-electron chi connectivity index (χ3n) is 3.07. The quantitative estimate of drug-likeness (QED) is 0.184. The molecule has 3 N–H and O–H groups in total. The minimum atomic E-state index is -5.17. The van der Waals surface area contributed by atoms with Gasteiger partial charge >= 0.3 is 29.1 Å². The number of carboxylic acids is 1. The van der Waals surface area contributed by atoms with Gasteiger partial charge in [0.05, 0.1) is 12.1 Å². The number of nitrogens with one attached hydrogen (secondary N) is 2. The van der Waals surface area contributed by atoms with E-state index >= 15 is 0 Å². The Balaban J connectivity index is 0.000000644. The summed E-state index contributed by atoms with van der Waals surface area (Å²) in [6.45, 7) is 0. The molecule has 0 unspecified atom stereocenters. The molecule has 2 fully saturated rings. The maximum atomic E-state index is 11.1. The van der Waals surface area contributed by atoms with E-state index in [1.54, 1.807) is 0 Å². The molecule has 2 saturated heterocycles. The summed E-state index contributed by atoms with van der Waals surface area (Å²) in [7, 11) is -5.17. The molecule has 0 bridgehead atoms. The van der Waals surface area contributed by atoms with Crippen molar-refractivity contribution in [3.05, 3.63) is 0 Å². The third kappa shape index (κ3) is 8.81. The van der Waals surface area contributed by atoms with Gasteiger partial charge in [-0.05, 0) is 12.8 Å². The topological polar surface area (TPSA) is 159 Å². The van der Waals surface area contributed by atoms with Crippen molar-refractivity contribution in [1.82, 2.24) is 10.6 Å². The number of carbonyl (C=O) groups excluding carboxylic acids is 1. The molecule has 127 valence electrons. The smallest absolute Gasteiger partial charge is 0.759 e. The molecule has 0 aromatic heterocycles. The standard InChI is InChI=1S/C10H16N2O3S.Mn.H2O4S/c13-8(14)4-2-1-3-7-9-6(5-16-7)11-10(15)12-9;;1-5(2,3)4/h6-7,9H,1-5H2,(H,13,14)(H2,11,12,15);;(H2,1,2,3,4)/q;+2;/p-2/t6-,7-,9-;;/m0../s1. The molecular weight excluding hydrogens is 379 g/mol. The molecule has 2 heterocycles. The van der Waals surface area contributed by atoms with Crippen molar-refractivity contribution < 1.29 is 49.3 Å². The average Bonchev–Trinajstić information content (AvgIpc) is 2.82. The molecule has 0 spiro atoms. The Bertz CT molecular complexity index is 480. The first-order valence-electron chi connectivity index (χ1n) is 6.24. The first-order valence-corrected chi connectivity index (χ1v) is 8.62. The minimum absolute atomic E-state index is 0. The fourth-order valence-electron chi connectivity index (χ4n) is 2.26. The van der Waals surface area contributed by atoms with Crippen LogP contribution in [0.2, 0.25) is 0 Å². The molecule has 22 heavy (non-hydrogen) atoms. The van der Waals surface area contributed by atoms with E-state index in [1.165, 1.54) is 0 Å². The predicted octanol–water partition coefficient (Wildman–Crippen LogP) is -0.544. The summed E-state index contributed by atoms with van der Waals surface area (Å²) in [4.78, 5) is 21.5. The van der Waals surface area contributed by atoms with Gasteiger partial charge in [-0.2, -0.15) is 11.8 Å². The van der Waals surface area contributed by atoms with Crippen LogP contribution in [0.25, 0.3) is 0 Å². The SMILES string of the molecule is O=C(O)CCCC[C@@H]1SC[C@@H]2NC(=O)N[C@@H]21.O=S(=O)([O-])[O-].[Mn+2]. The molecule has 1 radical (unpaired) electrons. The summed E-state index contributed by atoms with van der Waals surface area (Å²) >= 11 is 1.87. The third-order valence-corrected chi connectivity index (χ3v) is 4.58. The van der Waals surface area contributed by atoms with Gasteiger partial charge in [-0.15, -0.1) is 0 Å². The summed E-state index contributed by atoms with van der Waals surface area (Å²) in [5, 5.41) is 14.8. The number of carboxylic acid groups (broad SMARTS) is 1.